The molecule has 0 bridgehead atoms. The second-order valence-corrected chi connectivity index (χ2v) is 5.57. The van der Waals surface area contributed by atoms with Crippen LogP contribution < -0.4 is 10.7 Å². The molecule has 0 aliphatic heterocycles. The van der Waals surface area contributed by atoms with E-state index in [1.165, 1.54) is 17.6 Å². The maximum atomic E-state index is 11.6. The minimum Gasteiger partial charge on any atom is -0.318 e. The standard InChI is InChI=1S/C13H10BrN3O2S/c14-9-3-5-10(6-4-9)16-12(18)13(19)17-15-8-11-2-1-7-20-11/h1-8H,(H,16,18)(H,17,19)/b15-8+. The first-order valence-corrected chi connectivity index (χ1v) is 7.26. The summed E-state index contributed by atoms with van der Waals surface area (Å²) in [6.45, 7) is 0. The Bertz CT molecular complexity index is 624. The maximum absolute atomic E-state index is 11.6. The van der Waals surface area contributed by atoms with E-state index >= 15 is 0 Å². The first kappa shape index (κ1) is 14.4. The number of nitrogens with one attached hydrogen (secondary N) is 2. The van der Waals surface area contributed by atoms with E-state index in [4.69, 9.17) is 0 Å². The summed E-state index contributed by atoms with van der Waals surface area (Å²) in [7, 11) is 0. The molecule has 0 fully saturated rings. The lowest BCUT2D eigenvalue weighted by molar-refractivity contribution is -0.136. The van der Waals surface area contributed by atoms with Crippen LogP contribution in [-0.4, -0.2) is 18.0 Å². The minimum atomic E-state index is -0.819. The van der Waals surface area contributed by atoms with Crippen molar-refractivity contribution in [1.29, 1.82) is 0 Å². The third-order valence-corrected chi connectivity index (χ3v) is 3.54. The number of hydrogen-bond donors (Lipinski definition) is 2. The Balaban J connectivity index is 1.86. The predicted octanol–water partition coefficient (Wildman–Crippen LogP) is 2.60. The summed E-state index contributed by atoms with van der Waals surface area (Å²) in [5.41, 5.74) is 2.71. The van der Waals surface area contributed by atoms with Gasteiger partial charge in [-0.3, -0.25) is 9.59 Å². The van der Waals surface area contributed by atoms with Crippen molar-refractivity contribution in [3.05, 3.63) is 51.1 Å². The Morgan fingerprint density at radius 3 is 2.55 bits per heavy atom. The van der Waals surface area contributed by atoms with Crippen LogP contribution in [0.1, 0.15) is 4.88 Å². The molecule has 5 nitrogen and oxygen atoms in total. The first-order chi connectivity index (χ1) is 9.65. The van der Waals surface area contributed by atoms with Gasteiger partial charge in [0.05, 0.1) is 6.21 Å². The largest absolute Gasteiger partial charge is 0.329 e. The molecule has 0 radical (unpaired) electrons. The van der Waals surface area contributed by atoms with Crippen molar-refractivity contribution in [2.75, 3.05) is 5.32 Å². The van der Waals surface area contributed by atoms with E-state index < -0.39 is 11.8 Å². The fourth-order valence-electron chi connectivity index (χ4n) is 1.29. The molecule has 2 N–H and O–H groups in total. The predicted molar refractivity (Wildman–Crippen MR) is 82.8 cm³/mol. The average Bonchev–Trinajstić information content (AvgIpc) is 2.94. The van der Waals surface area contributed by atoms with Crippen LogP contribution in [-0.2, 0) is 9.59 Å². The molecule has 2 rings (SSSR count). The lowest BCUT2D eigenvalue weighted by Gasteiger charge is -2.03. The van der Waals surface area contributed by atoms with Crippen molar-refractivity contribution in [3.8, 4) is 0 Å². The van der Waals surface area contributed by atoms with Crippen LogP contribution in [0.5, 0.6) is 0 Å². The Hall–Kier alpha value is -1.99. The SMILES string of the molecule is O=C(N/N=C/c1cccs1)C(=O)Nc1ccc(Br)cc1. The Morgan fingerprint density at radius 1 is 1.15 bits per heavy atom. The lowest BCUT2D eigenvalue weighted by atomic mass is 10.3. The Labute approximate surface area is 127 Å². The van der Waals surface area contributed by atoms with Gasteiger partial charge in [-0.2, -0.15) is 5.10 Å². The van der Waals surface area contributed by atoms with Gasteiger partial charge in [0, 0.05) is 15.0 Å². The number of hydrogen-bond acceptors (Lipinski definition) is 4. The molecule has 102 valence electrons. The summed E-state index contributed by atoms with van der Waals surface area (Å²) in [6, 6.07) is 10.6. The normalized spacial score (nSPS) is 10.4. The number of carbonyl (C=O) groups excluding carboxylic acids is 2. The van der Waals surface area contributed by atoms with Crippen LogP contribution in [0.2, 0.25) is 0 Å². The monoisotopic (exact) mass is 351 g/mol. The van der Waals surface area contributed by atoms with Gasteiger partial charge in [0.25, 0.3) is 0 Å². The van der Waals surface area contributed by atoms with Gasteiger partial charge < -0.3 is 5.32 Å². The molecule has 20 heavy (non-hydrogen) atoms. The van der Waals surface area contributed by atoms with Gasteiger partial charge in [0.15, 0.2) is 0 Å². The highest BCUT2D eigenvalue weighted by atomic mass is 79.9. The summed E-state index contributed by atoms with van der Waals surface area (Å²) >= 11 is 4.76. The van der Waals surface area contributed by atoms with Gasteiger partial charge in [-0.15, -0.1) is 11.3 Å². The van der Waals surface area contributed by atoms with Crippen LogP contribution in [0.15, 0.2) is 51.4 Å². The second-order valence-electron chi connectivity index (χ2n) is 3.68. The van der Waals surface area contributed by atoms with E-state index in [2.05, 4.69) is 31.8 Å². The summed E-state index contributed by atoms with van der Waals surface area (Å²) < 4.78 is 0.889. The number of nitrogens with zero attached hydrogens (tertiary/aromatic N) is 1. The molecule has 1 aromatic carbocycles. The zero-order valence-electron chi connectivity index (χ0n) is 10.2. The lowest BCUT2D eigenvalue weighted by Crippen LogP contribution is -2.32. The van der Waals surface area contributed by atoms with E-state index in [1.54, 1.807) is 24.3 Å². The molecule has 2 aromatic rings. The van der Waals surface area contributed by atoms with Crippen LogP contribution in [0.3, 0.4) is 0 Å². The quantitative estimate of drug-likeness (QED) is 0.506. The highest BCUT2D eigenvalue weighted by Gasteiger charge is 2.12. The molecule has 0 atom stereocenters. The summed E-state index contributed by atoms with van der Waals surface area (Å²) in [6.07, 6.45) is 1.48. The number of hydrazone groups is 1. The topological polar surface area (TPSA) is 70.6 Å². The fourth-order valence-corrected chi connectivity index (χ4v) is 2.14. The van der Waals surface area contributed by atoms with E-state index in [0.29, 0.717) is 5.69 Å². The van der Waals surface area contributed by atoms with Gasteiger partial charge >= 0.3 is 11.8 Å². The van der Waals surface area contributed by atoms with E-state index in [-0.39, 0.29) is 0 Å². The smallest absolute Gasteiger partial charge is 0.318 e. The highest BCUT2D eigenvalue weighted by Crippen LogP contribution is 2.13. The number of benzene rings is 1. The molecular formula is C13H10BrN3O2S. The molecule has 2 amide bonds. The summed E-state index contributed by atoms with van der Waals surface area (Å²) in [4.78, 5) is 24.0. The molecule has 0 saturated heterocycles. The third-order valence-electron chi connectivity index (χ3n) is 2.21. The number of amides is 2. The molecular weight excluding hydrogens is 342 g/mol. The Kier molecular flexibility index (Phi) is 5.03. The van der Waals surface area contributed by atoms with Crippen LogP contribution in [0.4, 0.5) is 5.69 Å². The van der Waals surface area contributed by atoms with Crippen molar-refractivity contribution in [2.45, 2.75) is 0 Å². The first-order valence-electron chi connectivity index (χ1n) is 5.58. The number of carbonyl (C=O) groups is 2. The van der Waals surface area contributed by atoms with E-state index in [1.807, 2.05) is 17.5 Å². The fraction of sp³-hybridized carbons (Fsp3) is 0. The number of halogens is 1. The molecule has 0 spiro atoms. The molecule has 0 saturated carbocycles. The maximum Gasteiger partial charge on any atom is 0.329 e. The zero-order chi connectivity index (χ0) is 14.4. The second kappa shape index (κ2) is 6.97. The molecule has 0 aliphatic carbocycles. The number of anilines is 1. The minimum absolute atomic E-state index is 0.538. The Morgan fingerprint density at radius 2 is 1.90 bits per heavy atom. The molecule has 1 heterocycles. The molecule has 0 aliphatic rings. The van der Waals surface area contributed by atoms with E-state index in [0.717, 1.165) is 9.35 Å². The van der Waals surface area contributed by atoms with Gasteiger partial charge in [-0.25, -0.2) is 5.43 Å². The van der Waals surface area contributed by atoms with Crippen molar-refractivity contribution in [2.24, 2.45) is 5.10 Å². The number of rotatable bonds is 3. The van der Waals surface area contributed by atoms with Crippen LogP contribution in [0, 0.1) is 0 Å². The zero-order valence-corrected chi connectivity index (χ0v) is 12.6. The highest BCUT2D eigenvalue weighted by molar-refractivity contribution is 9.10. The average molecular weight is 352 g/mol. The van der Waals surface area contributed by atoms with Gasteiger partial charge in [0.1, 0.15) is 0 Å². The van der Waals surface area contributed by atoms with Gasteiger partial charge in [-0.1, -0.05) is 22.0 Å². The van der Waals surface area contributed by atoms with E-state index in [9.17, 15) is 9.59 Å². The van der Waals surface area contributed by atoms with Gasteiger partial charge in [0.2, 0.25) is 0 Å². The number of thiophene rings is 1. The molecule has 0 unspecified atom stereocenters. The van der Waals surface area contributed by atoms with Crippen LogP contribution in [0.25, 0.3) is 0 Å². The molecule has 1 aromatic heterocycles. The van der Waals surface area contributed by atoms with Crippen molar-refractivity contribution in [3.63, 3.8) is 0 Å². The van der Waals surface area contributed by atoms with Crippen molar-refractivity contribution < 1.29 is 9.59 Å². The molecule has 7 heteroatoms. The summed E-state index contributed by atoms with van der Waals surface area (Å²) in [5, 5.41) is 8.07. The van der Waals surface area contributed by atoms with Crippen LogP contribution >= 0.6 is 27.3 Å². The third kappa shape index (κ3) is 4.29. The van der Waals surface area contributed by atoms with Crippen molar-refractivity contribution in [1.82, 2.24) is 5.43 Å². The van der Waals surface area contributed by atoms with Crippen molar-refractivity contribution >= 4 is 51.0 Å². The van der Waals surface area contributed by atoms with Gasteiger partial charge in [-0.05, 0) is 35.7 Å². The summed E-state index contributed by atoms with van der Waals surface area (Å²) in [5.74, 6) is -1.59.